The third kappa shape index (κ3) is 4.28. The van der Waals surface area contributed by atoms with Crippen molar-refractivity contribution in [1.82, 2.24) is 14.9 Å². The molecule has 0 radical (unpaired) electrons. The zero-order chi connectivity index (χ0) is 26.7. The standard InChI is InChI=1S/C32H34N4O3/c1-19(37)10-20-6-8-24(9-7-20)34-31(39)35-32-14-21-11-22(15-32)30(23(12-21)16-32)29(38)13-27-25-4-2-3-5-26(25)28-17-33-18-36(27)28/h2-9,17-18,21-23,27,30H,10-16H2,1H3,(H2,34,35,39). The Balaban J connectivity index is 1.03. The molecule has 2 N–H and O–H groups in total. The number of ketones is 2. The molecule has 4 fully saturated rings. The van der Waals surface area contributed by atoms with Crippen LogP contribution in [0.3, 0.4) is 0 Å². The number of nitrogens with zero attached hydrogens (tertiary/aromatic N) is 2. The minimum absolute atomic E-state index is 0.0167. The van der Waals surface area contributed by atoms with Gasteiger partial charge in [-0.05, 0) is 80.0 Å². The Morgan fingerprint density at radius 1 is 1.00 bits per heavy atom. The summed E-state index contributed by atoms with van der Waals surface area (Å²) in [5, 5.41) is 6.33. The van der Waals surface area contributed by atoms with E-state index in [2.05, 4.69) is 38.4 Å². The van der Waals surface area contributed by atoms with E-state index < -0.39 is 0 Å². The molecular weight excluding hydrogens is 488 g/mol. The number of fused-ring (bicyclic) bond motifs is 3. The summed E-state index contributed by atoms with van der Waals surface area (Å²) in [4.78, 5) is 42.7. The molecule has 4 bridgehead atoms. The lowest BCUT2D eigenvalue weighted by molar-refractivity contribution is -0.138. The number of anilines is 1. The number of carbonyl (C=O) groups is 3. The first-order chi connectivity index (χ1) is 18.9. The second kappa shape index (κ2) is 9.18. The minimum Gasteiger partial charge on any atom is -0.332 e. The van der Waals surface area contributed by atoms with Gasteiger partial charge in [0.15, 0.2) is 0 Å². The SMILES string of the molecule is CC(=O)Cc1ccc(NC(=O)NC23CC4CC(C2)C(C(=O)CC2c5ccccc5-c5cncn52)C(C4)C3)cc1. The second-order valence-electron chi connectivity index (χ2n) is 12.4. The fourth-order valence-electron chi connectivity index (χ4n) is 8.57. The molecule has 200 valence electrons. The molecule has 2 heterocycles. The van der Waals surface area contributed by atoms with Crippen molar-refractivity contribution in [2.75, 3.05) is 5.32 Å². The number of imidazole rings is 1. The Labute approximate surface area is 228 Å². The van der Waals surface area contributed by atoms with Crippen molar-refractivity contribution in [3.05, 3.63) is 72.2 Å². The van der Waals surface area contributed by atoms with Crippen molar-refractivity contribution in [2.24, 2.45) is 23.7 Å². The lowest BCUT2D eigenvalue weighted by atomic mass is 9.48. The second-order valence-corrected chi connectivity index (χ2v) is 12.4. The van der Waals surface area contributed by atoms with Gasteiger partial charge in [0.2, 0.25) is 0 Å². The molecular formula is C32H34N4O3. The number of hydrogen-bond donors (Lipinski definition) is 2. The van der Waals surface area contributed by atoms with E-state index in [0.717, 1.165) is 43.4 Å². The van der Waals surface area contributed by atoms with Crippen molar-refractivity contribution in [3.63, 3.8) is 0 Å². The van der Waals surface area contributed by atoms with Crippen LogP contribution in [0, 0.1) is 23.7 Å². The quantitative estimate of drug-likeness (QED) is 0.425. The molecule has 0 saturated heterocycles. The zero-order valence-electron chi connectivity index (χ0n) is 22.2. The number of carbonyl (C=O) groups excluding carboxylic acids is 3. The van der Waals surface area contributed by atoms with Gasteiger partial charge in [-0.3, -0.25) is 9.59 Å². The van der Waals surface area contributed by atoms with E-state index in [-0.39, 0.29) is 29.3 Å². The van der Waals surface area contributed by atoms with Crippen molar-refractivity contribution in [2.45, 2.75) is 63.5 Å². The lowest BCUT2D eigenvalue weighted by Gasteiger charge is -2.59. The molecule has 8 rings (SSSR count). The summed E-state index contributed by atoms with van der Waals surface area (Å²) in [6.07, 6.45) is 9.59. The van der Waals surface area contributed by atoms with Crippen LogP contribution in [-0.4, -0.2) is 32.7 Å². The number of nitrogens with one attached hydrogen (secondary N) is 2. The smallest absolute Gasteiger partial charge is 0.319 e. The van der Waals surface area contributed by atoms with E-state index in [9.17, 15) is 14.4 Å². The van der Waals surface area contributed by atoms with Crippen LogP contribution in [0.25, 0.3) is 11.3 Å². The van der Waals surface area contributed by atoms with E-state index in [4.69, 9.17) is 0 Å². The summed E-state index contributed by atoms with van der Waals surface area (Å²) < 4.78 is 2.17. The summed E-state index contributed by atoms with van der Waals surface area (Å²) in [6.45, 7) is 1.58. The highest BCUT2D eigenvalue weighted by atomic mass is 16.2. The summed E-state index contributed by atoms with van der Waals surface area (Å²) in [5.41, 5.74) is 4.92. The van der Waals surface area contributed by atoms with E-state index >= 15 is 0 Å². The molecule has 7 nitrogen and oxygen atoms in total. The molecule has 7 heteroatoms. The summed E-state index contributed by atoms with van der Waals surface area (Å²) in [5.74, 6) is 1.79. The number of rotatable bonds is 7. The third-order valence-corrected chi connectivity index (χ3v) is 9.68. The van der Waals surface area contributed by atoms with E-state index in [1.807, 2.05) is 42.9 Å². The van der Waals surface area contributed by atoms with Gasteiger partial charge in [0.05, 0.1) is 24.3 Å². The van der Waals surface area contributed by atoms with Gasteiger partial charge < -0.3 is 15.2 Å². The molecule has 39 heavy (non-hydrogen) atoms. The molecule has 2 amide bonds. The average Bonchev–Trinajstić information content (AvgIpc) is 3.46. The Morgan fingerprint density at radius 3 is 2.49 bits per heavy atom. The van der Waals surface area contributed by atoms with Crippen molar-refractivity contribution < 1.29 is 14.4 Å². The van der Waals surface area contributed by atoms with Crippen LogP contribution in [0.15, 0.2) is 61.1 Å². The van der Waals surface area contributed by atoms with Crippen molar-refractivity contribution >= 4 is 23.3 Å². The van der Waals surface area contributed by atoms with Gasteiger partial charge in [0.25, 0.3) is 0 Å². The molecule has 3 unspecified atom stereocenters. The van der Waals surface area contributed by atoms with Crippen LogP contribution in [0.4, 0.5) is 10.5 Å². The van der Waals surface area contributed by atoms with E-state index in [1.54, 1.807) is 6.92 Å². The first kappa shape index (κ1) is 24.3. The Hall–Kier alpha value is -3.74. The zero-order valence-corrected chi connectivity index (χ0v) is 22.2. The monoisotopic (exact) mass is 522 g/mol. The molecule has 1 aliphatic heterocycles. The van der Waals surface area contributed by atoms with Gasteiger partial charge in [-0.1, -0.05) is 36.4 Å². The normalized spacial score (nSPS) is 29.5. The highest BCUT2D eigenvalue weighted by Crippen LogP contribution is 2.59. The molecule has 1 aromatic heterocycles. The van der Waals surface area contributed by atoms with Crippen LogP contribution in [-0.2, 0) is 16.0 Å². The number of hydrogen-bond acceptors (Lipinski definition) is 4. The molecule has 2 aromatic carbocycles. The van der Waals surface area contributed by atoms with Gasteiger partial charge >= 0.3 is 6.03 Å². The average molecular weight is 523 g/mol. The first-order valence-electron chi connectivity index (χ1n) is 14.2. The number of urea groups is 1. The lowest BCUT2D eigenvalue weighted by Crippen LogP contribution is -2.63. The Kier molecular flexibility index (Phi) is 5.72. The van der Waals surface area contributed by atoms with Crippen LogP contribution in [0.1, 0.15) is 62.6 Å². The van der Waals surface area contributed by atoms with Crippen LogP contribution >= 0.6 is 0 Å². The number of Topliss-reactive ketones (excluding diaryl/α,β-unsaturated/α-hetero) is 2. The van der Waals surface area contributed by atoms with Gasteiger partial charge in [-0.15, -0.1) is 0 Å². The highest BCUT2D eigenvalue weighted by Gasteiger charge is 2.57. The van der Waals surface area contributed by atoms with E-state index in [0.29, 0.717) is 42.1 Å². The maximum Gasteiger partial charge on any atom is 0.319 e. The fraction of sp³-hybridized carbons (Fsp3) is 0.438. The Morgan fingerprint density at radius 2 is 1.74 bits per heavy atom. The largest absolute Gasteiger partial charge is 0.332 e. The maximum atomic E-state index is 13.9. The summed E-state index contributed by atoms with van der Waals surface area (Å²) >= 11 is 0. The Bertz CT molecular complexity index is 1440. The fourth-order valence-corrected chi connectivity index (χ4v) is 8.57. The predicted octanol–water partition coefficient (Wildman–Crippen LogP) is 5.56. The van der Waals surface area contributed by atoms with Crippen LogP contribution in [0.5, 0.6) is 0 Å². The van der Waals surface area contributed by atoms with Gasteiger partial charge in [0.1, 0.15) is 11.6 Å². The molecule has 3 aromatic rings. The van der Waals surface area contributed by atoms with E-state index in [1.165, 1.54) is 11.1 Å². The van der Waals surface area contributed by atoms with Gasteiger partial charge in [-0.2, -0.15) is 0 Å². The third-order valence-electron chi connectivity index (χ3n) is 9.68. The molecule has 4 aliphatic carbocycles. The van der Waals surface area contributed by atoms with Crippen LogP contribution in [0.2, 0.25) is 0 Å². The number of amides is 2. The molecule has 3 atom stereocenters. The summed E-state index contributed by atoms with van der Waals surface area (Å²) in [6, 6.07) is 15.7. The first-order valence-corrected chi connectivity index (χ1v) is 14.2. The maximum absolute atomic E-state index is 13.9. The van der Waals surface area contributed by atoms with Crippen molar-refractivity contribution in [3.8, 4) is 11.3 Å². The highest BCUT2D eigenvalue weighted by molar-refractivity contribution is 5.90. The van der Waals surface area contributed by atoms with Crippen LogP contribution < -0.4 is 10.6 Å². The van der Waals surface area contributed by atoms with Gasteiger partial charge in [-0.25, -0.2) is 9.78 Å². The number of benzene rings is 2. The number of aromatic nitrogens is 2. The van der Waals surface area contributed by atoms with Crippen molar-refractivity contribution in [1.29, 1.82) is 0 Å². The molecule has 0 spiro atoms. The topological polar surface area (TPSA) is 93.1 Å². The summed E-state index contributed by atoms with van der Waals surface area (Å²) in [7, 11) is 0. The molecule has 4 saturated carbocycles. The van der Waals surface area contributed by atoms with Gasteiger partial charge in [0, 0.05) is 35.5 Å². The minimum atomic E-state index is -0.233. The predicted molar refractivity (Wildman–Crippen MR) is 148 cm³/mol. The molecule has 5 aliphatic rings.